The molecule has 2 N–H and O–H groups in total. The van der Waals surface area contributed by atoms with Crippen LogP contribution < -0.4 is 5.14 Å². The zero-order valence-corrected chi connectivity index (χ0v) is 15.8. The molecule has 142 valence electrons. The average Bonchev–Trinajstić information content (AvgIpc) is 2.64. The van der Waals surface area contributed by atoms with E-state index in [0.29, 0.717) is 11.1 Å². The zero-order valence-electron chi connectivity index (χ0n) is 15.0. The minimum Gasteiger partial charge on any atom is -0.454 e. The van der Waals surface area contributed by atoms with E-state index in [9.17, 15) is 18.0 Å². The molecule has 0 unspecified atom stereocenters. The summed E-state index contributed by atoms with van der Waals surface area (Å²) in [6, 6.07) is 9.55. The zero-order chi connectivity index (χ0) is 19.6. The van der Waals surface area contributed by atoms with Gasteiger partial charge in [0.1, 0.15) is 0 Å². The lowest BCUT2D eigenvalue weighted by Gasteiger charge is -2.16. The van der Waals surface area contributed by atoms with Crippen LogP contribution in [-0.4, -0.2) is 26.8 Å². The second-order valence-corrected chi connectivity index (χ2v) is 8.27. The van der Waals surface area contributed by atoms with Gasteiger partial charge in [0.25, 0.3) is 0 Å². The van der Waals surface area contributed by atoms with Crippen LogP contribution in [-0.2, 0) is 27.6 Å². The molecule has 0 saturated carbocycles. The highest BCUT2D eigenvalue weighted by Crippen LogP contribution is 2.22. The summed E-state index contributed by atoms with van der Waals surface area (Å²) >= 11 is 0. The van der Waals surface area contributed by atoms with Crippen molar-refractivity contribution in [2.45, 2.75) is 37.5 Å². The summed E-state index contributed by atoms with van der Waals surface area (Å²) in [6.45, 7) is 1.24. The average molecular weight is 387 g/mol. The number of ketones is 1. The van der Waals surface area contributed by atoms with Crippen LogP contribution in [0.3, 0.4) is 0 Å². The van der Waals surface area contributed by atoms with Crippen molar-refractivity contribution in [1.82, 2.24) is 0 Å². The lowest BCUT2D eigenvalue weighted by atomic mass is 9.90. The normalized spacial score (nSPS) is 13.7. The van der Waals surface area contributed by atoms with E-state index in [4.69, 9.17) is 9.88 Å². The van der Waals surface area contributed by atoms with Crippen molar-refractivity contribution in [2.24, 2.45) is 5.14 Å². The van der Waals surface area contributed by atoms with Gasteiger partial charge in [-0.3, -0.25) is 4.79 Å². The number of hydrogen-bond donors (Lipinski definition) is 1. The Morgan fingerprint density at radius 2 is 1.74 bits per heavy atom. The van der Waals surface area contributed by atoms with Crippen LogP contribution in [0, 0.1) is 6.92 Å². The van der Waals surface area contributed by atoms with Crippen molar-refractivity contribution in [3.8, 4) is 0 Å². The molecule has 6 nitrogen and oxygen atoms in total. The number of esters is 1. The lowest BCUT2D eigenvalue weighted by Crippen LogP contribution is -2.17. The third kappa shape index (κ3) is 4.43. The maximum Gasteiger partial charge on any atom is 0.338 e. The van der Waals surface area contributed by atoms with Crippen molar-refractivity contribution in [3.63, 3.8) is 0 Å². The Bertz CT molecular complexity index is 1010. The van der Waals surface area contributed by atoms with E-state index in [2.05, 4.69) is 0 Å². The minimum absolute atomic E-state index is 0.0692. The van der Waals surface area contributed by atoms with Crippen LogP contribution >= 0.6 is 0 Å². The molecule has 0 heterocycles. The third-order valence-corrected chi connectivity index (χ3v) is 5.67. The molecule has 27 heavy (non-hydrogen) atoms. The Morgan fingerprint density at radius 3 is 2.44 bits per heavy atom. The Kier molecular flexibility index (Phi) is 5.43. The Morgan fingerprint density at radius 1 is 1.04 bits per heavy atom. The number of fused-ring (bicyclic) bond motifs is 1. The van der Waals surface area contributed by atoms with Crippen LogP contribution in [0.2, 0.25) is 0 Å². The Balaban J connectivity index is 1.71. The molecular weight excluding hydrogens is 366 g/mol. The van der Waals surface area contributed by atoms with E-state index in [1.807, 2.05) is 12.1 Å². The van der Waals surface area contributed by atoms with Gasteiger partial charge in [-0.1, -0.05) is 18.2 Å². The van der Waals surface area contributed by atoms with Crippen molar-refractivity contribution in [2.75, 3.05) is 6.61 Å². The maximum atomic E-state index is 12.4. The first-order chi connectivity index (χ1) is 12.8. The number of Topliss-reactive ketones (excluding diaryl/α,β-unsaturated/α-hetero) is 1. The molecule has 1 aliphatic rings. The van der Waals surface area contributed by atoms with Crippen molar-refractivity contribution in [1.29, 1.82) is 0 Å². The molecule has 1 aliphatic carbocycles. The Hall–Kier alpha value is -2.51. The standard InChI is InChI=1S/C20H21NO5S/c1-13-6-9-17(27(21,24)25)11-18(13)20(23)26-12-19(22)16-8-7-14-4-2-3-5-15(14)10-16/h6-11H,2-5,12H2,1H3,(H2,21,24,25). The number of sulfonamides is 1. The Labute approximate surface area is 158 Å². The van der Waals surface area contributed by atoms with Gasteiger partial charge < -0.3 is 4.74 Å². The van der Waals surface area contributed by atoms with E-state index >= 15 is 0 Å². The molecule has 0 amide bonds. The summed E-state index contributed by atoms with van der Waals surface area (Å²) in [5, 5.41) is 5.10. The van der Waals surface area contributed by atoms with Gasteiger partial charge in [-0.25, -0.2) is 18.4 Å². The predicted molar refractivity (Wildman–Crippen MR) is 100 cm³/mol. The summed E-state index contributed by atoms with van der Waals surface area (Å²) in [5.41, 5.74) is 3.56. The number of hydrogen-bond acceptors (Lipinski definition) is 5. The topological polar surface area (TPSA) is 104 Å². The van der Waals surface area contributed by atoms with Gasteiger partial charge in [0.05, 0.1) is 10.5 Å². The molecule has 0 atom stereocenters. The third-order valence-electron chi connectivity index (χ3n) is 4.76. The fraction of sp³-hybridized carbons (Fsp3) is 0.300. The highest BCUT2D eigenvalue weighted by molar-refractivity contribution is 7.89. The number of aryl methyl sites for hydroxylation is 3. The predicted octanol–water partition coefficient (Wildman–Crippen LogP) is 2.56. The number of carbonyl (C=O) groups excluding carboxylic acids is 2. The van der Waals surface area contributed by atoms with E-state index < -0.39 is 22.6 Å². The first-order valence-electron chi connectivity index (χ1n) is 8.71. The van der Waals surface area contributed by atoms with Gasteiger partial charge in [-0.05, 0) is 67.5 Å². The number of benzene rings is 2. The van der Waals surface area contributed by atoms with Crippen molar-refractivity contribution in [3.05, 3.63) is 64.2 Å². The summed E-state index contributed by atoms with van der Waals surface area (Å²) in [5.74, 6) is -1.05. The molecule has 0 saturated heterocycles. The SMILES string of the molecule is Cc1ccc(S(N)(=O)=O)cc1C(=O)OCC(=O)c1ccc2c(c1)CCCC2. The number of carbonyl (C=O) groups is 2. The van der Waals surface area contributed by atoms with Gasteiger partial charge in [0.2, 0.25) is 10.0 Å². The van der Waals surface area contributed by atoms with Gasteiger partial charge in [-0.15, -0.1) is 0 Å². The highest BCUT2D eigenvalue weighted by atomic mass is 32.2. The first kappa shape index (κ1) is 19.3. The minimum atomic E-state index is -3.93. The van der Waals surface area contributed by atoms with Crippen molar-refractivity contribution < 1.29 is 22.7 Å². The fourth-order valence-electron chi connectivity index (χ4n) is 3.20. The van der Waals surface area contributed by atoms with E-state index in [1.165, 1.54) is 23.3 Å². The van der Waals surface area contributed by atoms with Crippen molar-refractivity contribution >= 4 is 21.8 Å². The van der Waals surface area contributed by atoms with E-state index in [1.54, 1.807) is 13.0 Å². The second-order valence-electron chi connectivity index (χ2n) is 6.71. The van der Waals surface area contributed by atoms with Crippen LogP contribution in [0.4, 0.5) is 0 Å². The molecule has 7 heteroatoms. The smallest absolute Gasteiger partial charge is 0.338 e. The second kappa shape index (κ2) is 7.62. The summed E-state index contributed by atoms with van der Waals surface area (Å²) < 4.78 is 28.0. The molecule has 0 bridgehead atoms. The monoisotopic (exact) mass is 387 g/mol. The molecule has 0 aliphatic heterocycles. The lowest BCUT2D eigenvalue weighted by molar-refractivity contribution is 0.0473. The first-order valence-corrected chi connectivity index (χ1v) is 10.3. The quantitative estimate of drug-likeness (QED) is 0.627. The van der Waals surface area contributed by atoms with E-state index in [-0.39, 0.29) is 16.2 Å². The number of rotatable bonds is 5. The highest BCUT2D eigenvalue weighted by Gasteiger charge is 2.18. The fourth-order valence-corrected chi connectivity index (χ4v) is 3.74. The van der Waals surface area contributed by atoms with Gasteiger partial charge >= 0.3 is 5.97 Å². The molecular formula is C20H21NO5S. The van der Waals surface area contributed by atoms with Gasteiger partial charge in [0, 0.05) is 5.56 Å². The maximum absolute atomic E-state index is 12.4. The van der Waals surface area contributed by atoms with Crippen LogP contribution in [0.25, 0.3) is 0 Å². The molecule has 0 spiro atoms. The summed E-state index contributed by atoms with van der Waals surface area (Å²) in [4.78, 5) is 24.5. The molecule has 0 radical (unpaired) electrons. The largest absolute Gasteiger partial charge is 0.454 e. The van der Waals surface area contributed by atoms with Gasteiger partial charge in [-0.2, -0.15) is 0 Å². The van der Waals surface area contributed by atoms with Crippen LogP contribution in [0.15, 0.2) is 41.3 Å². The number of nitrogens with two attached hydrogens (primary N) is 1. The summed E-state index contributed by atoms with van der Waals surface area (Å²) in [6.07, 6.45) is 4.25. The van der Waals surface area contributed by atoms with Crippen LogP contribution in [0.1, 0.15) is 50.2 Å². The van der Waals surface area contributed by atoms with Crippen LogP contribution in [0.5, 0.6) is 0 Å². The molecule has 2 aromatic rings. The molecule has 0 fully saturated rings. The molecule has 0 aromatic heterocycles. The summed E-state index contributed by atoms with van der Waals surface area (Å²) in [7, 11) is -3.93. The van der Waals surface area contributed by atoms with Gasteiger partial charge in [0.15, 0.2) is 12.4 Å². The van der Waals surface area contributed by atoms with E-state index in [0.717, 1.165) is 31.7 Å². The molecule has 2 aromatic carbocycles. The molecule has 3 rings (SSSR count). The number of ether oxygens (including phenoxy) is 1. The number of primary sulfonamides is 1.